The fraction of sp³-hybridized carbons (Fsp3) is 0.500. The zero-order chi connectivity index (χ0) is 38.5. The molecule has 2 bridgehead atoms. The van der Waals surface area contributed by atoms with Gasteiger partial charge in [0.2, 0.25) is 17.7 Å². The fourth-order valence-corrected chi connectivity index (χ4v) is 8.26. The van der Waals surface area contributed by atoms with E-state index < -0.39 is 49.2 Å². The molecule has 4 aliphatic rings. The van der Waals surface area contributed by atoms with Crippen molar-refractivity contribution in [3.05, 3.63) is 70.9 Å². The van der Waals surface area contributed by atoms with Crippen LogP contribution in [0.2, 0.25) is 0 Å². The van der Waals surface area contributed by atoms with Gasteiger partial charge in [-0.25, -0.2) is 0 Å². The van der Waals surface area contributed by atoms with Gasteiger partial charge in [0, 0.05) is 28.9 Å². The summed E-state index contributed by atoms with van der Waals surface area (Å²) in [7, 11) is -5.00. The number of fused-ring (bicyclic) bond motifs is 2. The number of aromatic amines is 1. The van der Waals surface area contributed by atoms with E-state index in [1.54, 1.807) is 4.90 Å². The topological polar surface area (TPSA) is 221 Å². The monoisotopic (exact) mass is 749 g/mol. The molecule has 7 rings (SSSR count). The highest BCUT2D eigenvalue weighted by Gasteiger charge is 2.86. The molecule has 0 radical (unpaired) electrons. The average Bonchev–Trinajstić information content (AvgIpc) is 3.82. The number of H-pyrrole nitrogens is 1. The molecule has 3 aromatic rings. The number of piperidine rings is 1. The van der Waals surface area contributed by atoms with Gasteiger partial charge in [-0.05, 0) is 84.7 Å². The van der Waals surface area contributed by atoms with Crippen molar-refractivity contribution in [1.29, 1.82) is 0 Å². The zero-order valence-electron chi connectivity index (χ0n) is 30.4. The van der Waals surface area contributed by atoms with Gasteiger partial charge in [-0.15, -0.1) is 0 Å². The van der Waals surface area contributed by atoms with Crippen LogP contribution in [-0.4, -0.2) is 79.1 Å². The standard InChI is InChI=1S/C38H48N5O9P/c1-18(2)14-28(42-35(45)27-16-24-15-23(10-11-26(24)40-27)38(48)53(49,50)51)37(47)43-33-30-31(33)32(30)34(43)36(46)41-25(12-13-29(39)44)20(5)52-17-21-6-8-22(9-7-21)19(3)4/h6-11,15-16,18-20,25,28,30-34,40H,12-14,17H2,1-5H3,(H2,39,44)(H,41,46)(H,42,45)(H2,49,50,51)/t20-,25+,28+,30+,31?,32?,33?,34+/m1/s1. The number of nitrogens with two attached hydrogens (primary N) is 1. The molecule has 4 amide bonds. The van der Waals surface area contributed by atoms with Crippen LogP contribution in [0.4, 0.5) is 0 Å². The molecule has 0 spiro atoms. The van der Waals surface area contributed by atoms with Crippen LogP contribution in [0.1, 0.15) is 91.8 Å². The second kappa shape index (κ2) is 14.8. The van der Waals surface area contributed by atoms with Crippen LogP contribution in [0.15, 0.2) is 48.5 Å². The predicted molar refractivity (Wildman–Crippen MR) is 195 cm³/mol. The van der Waals surface area contributed by atoms with Gasteiger partial charge in [0.05, 0.1) is 18.8 Å². The summed E-state index contributed by atoms with van der Waals surface area (Å²) in [4.78, 5) is 88.9. The van der Waals surface area contributed by atoms with E-state index in [-0.39, 0.29) is 65.6 Å². The van der Waals surface area contributed by atoms with E-state index in [0.29, 0.717) is 29.8 Å². The Morgan fingerprint density at radius 2 is 1.62 bits per heavy atom. The number of primary amides is 1. The number of benzene rings is 2. The van der Waals surface area contributed by atoms with Crippen molar-refractivity contribution in [1.82, 2.24) is 20.5 Å². The van der Waals surface area contributed by atoms with Gasteiger partial charge in [-0.2, -0.15) is 0 Å². The molecule has 2 aliphatic heterocycles. The summed E-state index contributed by atoms with van der Waals surface area (Å²) in [6.07, 6.45) is 0.158. The van der Waals surface area contributed by atoms with Gasteiger partial charge in [-0.3, -0.25) is 28.5 Å². The third-order valence-corrected chi connectivity index (χ3v) is 11.6. The zero-order valence-corrected chi connectivity index (χ0v) is 31.3. The molecule has 4 fully saturated rings. The van der Waals surface area contributed by atoms with Crippen LogP contribution in [0.25, 0.3) is 10.9 Å². The summed E-state index contributed by atoms with van der Waals surface area (Å²) in [5.74, 6) is -0.814. The molecule has 7 N–H and O–H groups in total. The summed E-state index contributed by atoms with van der Waals surface area (Å²) in [6, 6.07) is 11.3. The first kappa shape index (κ1) is 38.4. The van der Waals surface area contributed by atoms with E-state index >= 15 is 0 Å². The molecule has 2 saturated heterocycles. The van der Waals surface area contributed by atoms with Crippen LogP contribution < -0.4 is 16.4 Å². The highest BCUT2D eigenvalue weighted by molar-refractivity contribution is 7.70. The van der Waals surface area contributed by atoms with Crippen LogP contribution >= 0.6 is 7.60 Å². The Morgan fingerprint density at radius 3 is 2.23 bits per heavy atom. The third kappa shape index (κ3) is 8.11. The first-order chi connectivity index (χ1) is 25.0. The molecular formula is C38H48N5O9P. The number of aromatic nitrogens is 1. The minimum absolute atomic E-state index is 0.0168. The van der Waals surface area contributed by atoms with Crippen molar-refractivity contribution in [2.24, 2.45) is 29.4 Å². The Morgan fingerprint density at radius 1 is 0.943 bits per heavy atom. The average molecular weight is 750 g/mol. The Kier molecular flexibility index (Phi) is 10.7. The molecular weight excluding hydrogens is 701 g/mol. The van der Waals surface area contributed by atoms with Crippen molar-refractivity contribution in [2.45, 2.75) is 96.7 Å². The predicted octanol–water partition coefficient (Wildman–Crippen LogP) is 3.56. The number of hydrogen-bond acceptors (Lipinski definition) is 7. The van der Waals surface area contributed by atoms with Gasteiger partial charge in [0.1, 0.15) is 17.8 Å². The summed E-state index contributed by atoms with van der Waals surface area (Å²) in [5.41, 5.74) is 6.70. The van der Waals surface area contributed by atoms with E-state index in [4.69, 9.17) is 10.5 Å². The maximum Gasteiger partial charge on any atom is 0.396 e. The molecule has 15 heteroatoms. The SMILES string of the molecule is CC(C)C[C@H](NC(=O)c1cc2cc(C(=O)P(=O)(O)O)ccc2[nH]1)C(=O)N1C2C3C([C@H]32)[C@H]1C(=O)N[C@@H](CCC(N)=O)[C@@H](C)OCc1ccc(C(C)C)cc1. The van der Waals surface area contributed by atoms with E-state index in [2.05, 4.69) is 41.6 Å². The molecule has 2 saturated carbocycles. The molecule has 14 nitrogen and oxygen atoms in total. The second-order valence-electron chi connectivity index (χ2n) is 15.4. The lowest BCUT2D eigenvalue weighted by Gasteiger charge is -2.31. The number of nitrogens with zero attached hydrogens (tertiary/aromatic N) is 1. The van der Waals surface area contributed by atoms with Crippen molar-refractivity contribution in [3.8, 4) is 0 Å². The van der Waals surface area contributed by atoms with Gasteiger partial charge in [0.25, 0.3) is 11.4 Å². The van der Waals surface area contributed by atoms with Gasteiger partial charge >= 0.3 is 7.60 Å². The van der Waals surface area contributed by atoms with Crippen LogP contribution in [-0.2, 0) is 30.3 Å². The highest BCUT2D eigenvalue weighted by Crippen LogP contribution is 2.78. The quantitative estimate of drug-likeness (QED) is 0.111. The van der Waals surface area contributed by atoms with Crippen molar-refractivity contribution in [3.63, 3.8) is 0 Å². The maximum absolute atomic E-state index is 14.3. The Hall–Kier alpha value is -4.36. The van der Waals surface area contributed by atoms with Crippen LogP contribution in [0.5, 0.6) is 0 Å². The smallest absolute Gasteiger partial charge is 0.372 e. The number of amides is 4. The van der Waals surface area contributed by atoms with E-state index in [9.17, 15) is 38.3 Å². The molecule has 2 aliphatic carbocycles. The molecule has 2 aromatic carbocycles. The number of carbonyl (C=O) groups excluding carboxylic acids is 5. The fourth-order valence-electron chi connectivity index (χ4n) is 7.78. The maximum atomic E-state index is 14.3. The number of carbonyl (C=O) groups is 5. The van der Waals surface area contributed by atoms with E-state index in [0.717, 1.165) is 5.56 Å². The second-order valence-corrected chi connectivity index (χ2v) is 16.9. The summed E-state index contributed by atoms with van der Waals surface area (Å²) in [6.45, 7) is 10.3. The van der Waals surface area contributed by atoms with Crippen molar-refractivity contribution in [2.75, 3.05) is 0 Å². The summed E-state index contributed by atoms with van der Waals surface area (Å²) in [5, 5.41) is 6.32. The summed E-state index contributed by atoms with van der Waals surface area (Å²) >= 11 is 0. The number of rotatable bonds is 17. The lowest BCUT2D eigenvalue weighted by molar-refractivity contribution is -0.141. The lowest BCUT2D eigenvalue weighted by atomic mass is 10.0. The Balaban J connectivity index is 1.15. The first-order valence-electron chi connectivity index (χ1n) is 18.1. The summed E-state index contributed by atoms with van der Waals surface area (Å²) < 4.78 is 17.7. The molecule has 3 heterocycles. The Labute approximate surface area is 307 Å². The van der Waals surface area contributed by atoms with Gasteiger partial charge in [-0.1, -0.05) is 52.0 Å². The lowest BCUT2D eigenvalue weighted by Crippen LogP contribution is -2.56. The molecule has 284 valence electrons. The number of nitrogens with one attached hydrogen (secondary N) is 3. The van der Waals surface area contributed by atoms with Gasteiger partial charge < -0.3 is 40.8 Å². The number of hydrogen-bond donors (Lipinski definition) is 6. The highest BCUT2D eigenvalue weighted by atomic mass is 31.2. The molecule has 53 heavy (non-hydrogen) atoms. The molecule has 8 atom stereocenters. The van der Waals surface area contributed by atoms with Gasteiger partial charge in [0.15, 0.2) is 0 Å². The third-order valence-electron chi connectivity index (χ3n) is 10.8. The molecule has 1 aromatic heterocycles. The largest absolute Gasteiger partial charge is 0.396 e. The van der Waals surface area contributed by atoms with E-state index in [1.165, 1.54) is 29.8 Å². The van der Waals surface area contributed by atoms with Crippen LogP contribution in [0.3, 0.4) is 0 Å². The Bertz CT molecular complexity index is 1960. The van der Waals surface area contributed by atoms with Crippen LogP contribution in [0, 0.1) is 23.7 Å². The normalized spacial score (nSPS) is 23.0. The van der Waals surface area contributed by atoms with Crippen molar-refractivity contribution >= 4 is 47.7 Å². The number of ether oxygens (including phenoxy) is 1. The van der Waals surface area contributed by atoms with Crippen molar-refractivity contribution < 1.29 is 43.1 Å². The first-order valence-corrected chi connectivity index (χ1v) is 19.7. The minimum atomic E-state index is -5.00. The van der Waals surface area contributed by atoms with E-state index in [1.807, 2.05) is 32.9 Å². The molecule has 3 unspecified atom stereocenters. The minimum Gasteiger partial charge on any atom is -0.372 e.